The number of ketones is 1. The van der Waals surface area contributed by atoms with Gasteiger partial charge in [0.1, 0.15) is 11.5 Å². The molecule has 0 bridgehead atoms. The molecule has 0 aliphatic rings. The molecule has 0 atom stereocenters. The Kier molecular flexibility index (Phi) is 5.38. The van der Waals surface area contributed by atoms with Crippen LogP contribution >= 0.6 is 11.3 Å². The van der Waals surface area contributed by atoms with Crippen molar-refractivity contribution in [1.82, 2.24) is 0 Å². The Balaban J connectivity index is 1.90. The number of carboxylic acid groups (broad SMARTS) is 1. The van der Waals surface area contributed by atoms with Gasteiger partial charge in [-0.2, -0.15) is 0 Å². The molecule has 1 heterocycles. The summed E-state index contributed by atoms with van der Waals surface area (Å²) < 4.78 is 5.29. The molecule has 0 fully saturated rings. The van der Waals surface area contributed by atoms with Crippen molar-refractivity contribution in [2.45, 2.75) is 0 Å². The Morgan fingerprint density at radius 2 is 1.78 bits per heavy atom. The molecule has 136 valence electrons. The zero-order valence-corrected chi connectivity index (χ0v) is 15.2. The van der Waals surface area contributed by atoms with Gasteiger partial charge in [-0.1, -0.05) is 18.2 Å². The molecule has 27 heavy (non-hydrogen) atoms. The predicted octanol–water partition coefficient (Wildman–Crippen LogP) is 4.72. The maximum Gasteiger partial charge on any atom is 0.335 e. The first-order valence-corrected chi connectivity index (χ1v) is 8.88. The van der Waals surface area contributed by atoms with Crippen LogP contribution in [0.15, 0.2) is 60.0 Å². The topological polar surface area (TPSA) is 83.8 Å². The number of thiophene rings is 1. The number of aromatic hydroxyl groups is 1. The molecule has 2 aromatic carbocycles. The standard InChI is InChI=1S/C21H16O5S/c1-26-19-12-18(23)16(20-3-2-10-27-20)11-15(19)8-9-17(22)13-4-6-14(7-5-13)21(24)25/h2-12,23H,1H3,(H,24,25). The lowest BCUT2D eigenvalue weighted by molar-refractivity contribution is 0.0696. The second-order valence-corrected chi connectivity index (χ2v) is 6.62. The summed E-state index contributed by atoms with van der Waals surface area (Å²) in [5, 5.41) is 21.1. The van der Waals surface area contributed by atoms with Crippen LogP contribution in [0.3, 0.4) is 0 Å². The predicted molar refractivity (Wildman–Crippen MR) is 105 cm³/mol. The Labute approximate surface area is 159 Å². The molecule has 0 aliphatic carbocycles. The molecule has 0 saturated heterocycles. The fourth-order valence-electron chi connectivity index (χ4n) is 2.56. The van der Waals surface area contributed by atoms with E-state index in [-0.39, 0.29) is 17.1 Å². The van der Waals surface area contributed by atoms with Crippen LogP contribution in [-0.2, 0) is 0 Å². The van der Waals surface area contributed by atoms with Crippen LogP contribution in [0.1, 0.15) is 26.3 Å². The van der Waals surface area contributed by atoms with Crippen molar-refractivity contribution in [1.29, 1.82) is 0 Å². The summed E-state index contributed by atoms with van der Waals surface area (Å²) in [5.74, 6) is -0.765. The van der Waals surface area contributed by atoms with E-state index >= 15 is 0 Å². The normalized spacial score (nSPS) is 10.9. The maximum atomic E-state index is 12.4. The van der Waals surface area contributed by atoms with E-state index in [0.717, 1.165) is 4.88 Å². The smallest absolute Gasteiger partial charge is 0.335 e. The van der Waals surface area contributed by atoms with E-state index in [1.54, 1.807) is 12.1 Å². The van der Waals surface area contributed by atoms with Gasteiger partial charge < -0.3 is 14.9 Å². The molecule has 6 heteroatoms. The third-order valence-electron chi connectivity index (χ3n) is 3.97. The number of carboxylic acids is 1. The van der Waals surface area contributed by atoms with Crippen LogP contribution < -0.4 is 4.74 Å². The minimum atomic E-state index is -1.04. The van der Waals surface area contributed by atoms with Gasteiger partial charge >= 0.3 is 5.97 Å². The highest BCUT2D eigenvalue weighted by molar-refractivity contribution is 7.13. The first-order chi connectivity index (χ1) is 13.0. The van der Waals surface area contributed by atoms with Gasteiger partial charge in [-0.25, -0.2) is 4.79 Å². The number of benzene rings is 2. The molecule has 2 N–H and O–H groups in total. The van der Waals surface area contributed by atoms with Crippen LogP contribution in [0, 0.1) is 0 Å². The first kappa shape index (κ1) is 18.4. The molecule has 0 amide bonds. The molecular weight excluding hydrogens is 364 g/mol. The molecular formula is C21H16O5S. The minimum absolute atomic E-state index is 0.0991. The van der Waals surface area contributed by atoms with Crippen LogP contribution in [-0.4, -0.2) is 29.1 Å². The largest absolute Gasteiger partial charge is 0.507 e. The van der Waals surface area contributed by atoms with Crippen molar-refractivity contribution in [3.05, 3.63) is 76.7 Å². The van der Waals surface area contributed by atoms with Crippen LogP contribution in [0.2, 0.25) is 0 Å². The highest BCUT2D eigenvalue weighted by Gasteiger charge is 2.12. The number of phenolic OH excluding ortho intramolecular Hbond substituents is 1. The number of phenols is 1. The third-order valence-corrected chi connectivity index (χ3v) is 4.87. The first-order valence-electron chi connectivity index (χ1n) is 8.00. The molecule has 5 nitrogen and oxygen atoms in total. The maximum absolute atomic E-state index is 12.4. The average molecular weight is 380 g/mol. The van der Waals surface area contributed by atoms with E-state index in [0.29, 0.717) is 22.4 Å². The molecule has 3 aromatic rings. The number of ether oxygens (including phenoxy) is 1. The van der Waals surface area contributed by atoms with Crippen molar-refractivity contribution in [3.8, 4) is 21.9 Å². The van der Waals surface area contributed by atoms with E-state index in [9.17, 15) is 14.7 Å². The summed E-state index contributed by atoms with van der Waals surface area (Å²) in [6.45, 7) is 0. The number of rotatable bonds is 6. The number of hydrogen-bond acceptors (Lipinski definition) is 5. The van der Waals surface area contributed by atoms with Gasteiger partial charge in [0.2, 0.25) is 0 Å². The van der Waals surface area contributed by atoms with Crippen LogP contribution in [0.5, 0.6) is 11.5 Å². The van der Waals surface area contributed by atoms with Crippen molar-refractivity contribution in [3.63, 3.8) is 0 Å². The summed E-state index contributed by atoms with van der Waals surface area (Å²) >= 11 is 1.50. The van der Waals surface area contributed by atoms with Gasteiger partial charge in [0.25, 0.3) is 0 Å². The molecule has 0 radical (unpaired) electrons. The molecule has 0 saturated carbocycles. The number of aromatic carboxylic acids is 1. The monoisotopic (exact) mass is 380 g/mol. The summed E-state index contributed by atoms with van der Waals surface area (Å²) in [6.07, 6.45) is 3.01. The molecule has 0 unspecified atom stereocenters. The molecule has 0 spiro atoms. The van der Waals surface area contributed by atoms with Crippen molar-refractivity contribution >= 4 is 29.2 Å². The van der Waals surface area contributed by atoms with Crippen molar-refractivity contribution < 1.29 is 24.5 Å². The van der Waals surface area contributed by atoms with E-state index in [1.807, 2.05) is 17.5 Å². The SMILES string of the molecule is COc1cc(O)c(-c2cccs2)cc1C=CC(=O)c1ccc(C(=O)O)cc1. The lowest BCUT2D eigenvalue weighted by Crippen LogP contribution is -1.99. The van der Waals surface area contributed by atoms with Crippen molar-refractivity contribution in [2.75, 3.05) is 7.11 Å². The van der Waals surface area contributed by atoms with Gasteiger partial charge in [0.15, 0.2) is 5.78 Å². The fraction of sp³-hybridized carbons (Fsp3) is 0.0476. The molecule has 1 aromatic heterocycles. The number of carbonyl (C=O) groups excluding carboxylic acids is 1. The number of allylic oxidation sites excluding steroid dienone is 1. The van der Waals surface area contributed by atoms with Gasteiger partial charge in [-0.3, -0.25) is 4.79 Å². The van der Waals surface area contributed by atoms with Gasteiger partial charge in [0.05, 0.1) is 12.7 Å². The summed E-state index contributed by atoms with van der Waals surface area (Å²) in [6, 6.07) is 12.8. The number of hydrogen-bond donors (Lipinski definition) is 2. The van der Waals surface area contributed by atoms with Gasteiger partial charge in [-0.15, -0.1) is 11.3 Å². The zero-order chi connectivity index (χ0) is 19.4. The fourth-order valence-corrected chi connectivity index (χ4v) is 3.31. The second-order valence-electron chi connectivity index (χ2n) is 5.67. The molecule has 0 aliphatic heterocycles. The van der Waals surface area contributed by atoms with Gasteiger partial charge in [0, 0.05) is 27.6 Å². The Morgan fingerprint density at radius 3 is 2.37 bits per heavy atom. The van der Waals surface area contributed by atoms with E-state index in [4.69, 9.17) is 9.84 Å². The van der Waals surface area contributed by atoms with E-state index < -0.39 is 5.97 Å². The highest BCUT2D eigenvalue weighted by Crippen LogP contribution is 2.38. The average Bonchev–Trinajstić information content (AvgIpc) is 3.21. The number of methoxy groups -OCH3 is 1. The third kappa shape index (κ3) is 4.07. The lowest BCUT2D eigenvalue weighted by atomic mass is 10.0. The lowest BCUT2D eigenvalue weighted by Gasteiger charge is -2.09. The Bertz CT molecular complexity index is 1000. The minimum Gasteiger partial charge on any atom is -0.507 e. The van der Waals surface area contributed by atoms with Crippen LogP contribution in [0.4, 0.5) is 0 Å². The zero-order valence-electron chi connectivity index (χ0n) is 14.4. The summed E-state index contributed by atoms with van der Waals surface area (Å²) in [7, 11) is 1.49. The van der Waals surface area contributed by atoms with Crippen LogP contribution in [0.25, 0.3) is 16.5 Å². The second kappa shape index (κ2) is 7.88. The van der Waals surface area contributed by atoms with Crippen molar-refractivity contribution in [2.24, 2.45) is 0 Å². The summed E-state index contributed by atoms with van der Waals surface area (Å²) in [5.41, 5.74) is 1.81. The Hall–Kier alpha value is -3.38. The molecule has 3 rings (SSSR count). The highest BCUT2D eigenvalue weighted by atomic mass is 32.1. The van der Waals surface area contributed by atoms with Gasteiger partial charge in [-0.05, 0) is 41.8 Å². The Morgan fingerprint density at radius 1 is 1.07 bits per heavy atom. The summed E-state index contributed by atoms with van der Waals surface area (Å²) in [4.78, 5) is 24.1. The van der Waals surface area contributed by atoms with E-state index in [2.05, 4.69) is 0 Å². The quantitative estimate of drug-likeness (QED) is 0.477. The number of carbonyl (C=O) groups is 2. The van der Waals surface area contributed by atoms with E-state index in [1.165, 1.54) is 54.9 Å².